The molecular weight excluding hydrogens is 450 g/mol. The predicted octanol–water partition coefficient (Wildman–Crippen LogP) is -1.46. The lowest BCUT2D eigenvalue weighted by atomic mass is 10.1. The van der Waals surface area contributed by atoms with Crippen LogP contribution in [0.3, 0.4) is 0 Å². The van der Waals surface area contributed by atoms with Gasteiger partial charge in [-0.25, -0.2) is 9.59 Å². The molecule has 2 aromatic rings. The second-order valence-electron chi connectivity index (χ2n) is 7.77. The fourth-order valence-electron chi connectivity index (χ4n) is 3.59. The molecule has 182 valence electrons. The average molecular weight is 475 g/mol. The molecule has 3 atom stereocenters. The molecule has 14 heteroatoms. The number of nitrogens with two attached hydrogens (primary N) is 1. The molecule has 0 fully saturated rings. The van der Waals surface area contributed by atoms with Gasteiger partial charge in [0.15, 0.2) is 11.9 Å². The lowest BCUT2D eigenvalue weighted by Gasteiger charge is -2.35. The first kappa shape index (κ1) is 24.5. The van der Waals surface area contributed by atoms with Crippen molar-refractivity contribution in [2.45, 2.75) is 24.9 Å². The number of H-pyrrole nitrogens is 1. The van der Waals surface area contributed by atoms with E-state index in [0.29, 0.717) is 30.3 Å². The van der Waals surface area contributed by atoms with Crippen LogP contribution < -0.4 is 31.9 Å². The summed E-state index contributed by atoms with van der Waals surface area (Å²) in [4.78, 5) is 55.0. The van der Waals surface area contributed by atoms with Crippen LogP contribution in [0.2, 0.25) is 0 Å². The Morgan fingerprint density at radius 1 is 1.32 bits per heavy atom. The number of carbonyl (C=O) groups is 3. The van der Waals surface area contributed by atoms with Crippen molar-refractivity contribution in [2.75, 3.05) is 41.4 Å². The molecule has 1 aliphatic rings. The Bertz CT molecular complexity index is 1140. The van der Waals surface area contributed by atoms with Gasteiger partial charge in [0.2, 0.25) is 5.95 Å². The summed E-state index contributed by atoms with van der Waals surface area (Å²) in [6.45, 7) is 0.916. The van der Waals surface area contributed by atoms with Crippen LogP contribution in [0, 0.1) is 5.21 Å². The molecule has 0 bridgehead atoms. The minimum atomic E-state index is -1.72. The van der Waals surface area contributed by atoms with Crippen LogP contribution in [-0.2, 0) is 9.59 Å². The number of hydrogen-bond acceptors (Lipinski definition) is 10. The summed E-state index contributed by atoms with van der Waals surface area (Å²) in [5.74, 6) is -3.37. The number of quaternary nitrogens is 1. The van der Waals surface area contributed by atoms with E-state index in [1.54, 1.807) is 24.1 Å². The van der Waals surface area contributed by atoms with Gasteiger partial charge >= 0.3 is 17.8 Å². The lowest BCUT2D eigenvalue weighted by molar-refractivity contribution is -0.778. The van der Waals surface area contributed by atoms with Crippen molar-refractivity contribution in [3.05, 3.63) is 45.4 Å². The van der Waals surface area contributed by atoms with Crippen molar-refractivity contribution in [3.8, 4) is 0 Å². The average Bonchev–Trinajstić information content (AvgIpc) is 2.77. The van der Waals surface area contributed by atoms with E-state index < -0.39 is 41.8 Å². The van der Waals surface area contributed by atoms with Crippen LogP contribution in [0.4, 0.5) is 23.1 Å². The number of amides is 1. The maximum absolute atomic E-state index is 12.4. The molecule has 0 radical (unpaired) electrons. The largest absolute Gasteiger partial charge is 0.626 e. The number of carbonyl (C=O) groups excluding carboxylic acids is 1. The van der Waals surface area contributed by atoms with Gasteiger partial charge in [0, 0.05) is 32.2 Å². The summed E-state index contributed by atoms with van der Waals surface area (Å²) in [6, 6.07) is 4.06. The van der Waals surface area contributed by atoms with Crippen molar-refractivity contribution in [1.82, 2.24) is 9.97 Å². The van der Waals surface area contributed by atoms with Crippen molar-refractivity contribution in [2.24, 2.45) is 0 Å². The number of fused-ring (bicyclic) bond motifs is 1. The molecule has 14 nitrogen and oxygen atoms in total. The fraction of sp³-hybridized carbons (Fsp3) is 0.350. The van der Waals surface area contributed by atoms with Gasteiger partial charge in [0.25, 0.3) is 5.56 Å². The molecule has 1 aromatic carbocycles. The zero-order valence-corrected chi connectivity index (χ0v) is 18.2. The van der Waals surface area contributed by atoms with Gasteiger partial charge in [0.05, 0.1) is 18.0 Å². The highest BCUT2D eigenvalue weighted by Gasteiger charge is 2.31. The number of benzene rings is 1. The normalized spacial score (nSPS) is 16.6. The summed E-state index contributed by atoms with van der Waals surface area (Å²) in [5, 5.41) is 35.3. The third-order valence-electron chi connectivity index (χ3n) is 5.49. The first-order chi connectivity index (χ1) is 16.1. The summed E-state index contributed by atoms with van der Waals surface area (Å²) in [6.07, 6.45) is -1.00. The number of aromatic amines is 1. The first-order valence-electron chi connectivity index (χ1n) is 10.3. The quantitative estimate of drug-likeness (QED) is 0.207. The van der Waals surface area contributed by atoms with Gasteiger partial charge in [0.1, 0.15) is 5.69 Å². The second kappa shape index (κ2) is 10.2. The number of nitrogens with zero attached hydrogens (tertiary/aromatic N) is 2. The number of carboxylic acid groups (broad SMARTS) is 2. The van der Waals surface area contributed by atoms with E-state index in [9.17, 15) is 29.5 Å². The maximum atomic E-state index is 12.4. The summed E-state index contributed by atoms with van der Waals surface area (Å²) in [7, 11) is 1.76. The molecular formula is C20H25N7O7. The Morgan fingerprint density at radius 2 is 2.00 bits per heavy atom. The number of nitrogen functional groups attached to an aromatic ring is 1. The highest BCUT2D eigenvalue weighted by Crippen LogP contribution is 2.25. The number of hydroxylamine groups is 2. The van der Waals surface area contributed by atoms with E-state index in [0.717, 1.165) is 0 Å². The number of nitrogens with one attached hydrogen (secondary N) is 4. The third-order valence-corrected chi connectivity index (χ3v) is 5.49. The Morgan fingerprint density at radius 3 is 2.62 bits per heavy atom. The molecule has 0 saturated heterocycles. The van der Waals surface area contributed by atoms with Gasteiger partial charge in [-0.05, 0) is 24.3 Å². The molecule has 1 aromatic heterocycles. The lowest BCUT2D eigenvalue weighted by Crippen LogP contribution is -3.15. The number of likely N-dealkylation sites (N-methyl/N-ethyl adjacent to an activating group) is 1. The molecule has 0 saturated carbocycles. The van der Waals surface area contributed by atoms with Crippen molar-refractivity contribution < 1.29 is 29.7 Å². The number of rotatable bonds is 9. The zero-order valence-electron chi connectivity index (χ0n) is 18.2. The monoisotopic (exact) mass is 475 g/mol. The second-order valence-corrected chi connectivity index (χ2v) is 7.77. The van der Waals surface area contributed by atoms with E-state index in [1.807, 2.05) is 0 Å². The van der Waals surface area contributed by atoms with E-state index >= 15 is 0 Å². The molecule has 1 aliphatic heterocycles. The fourth-order valence-corrected chi connectivity index (χ4v) is 3.59. The Hall–Kier alpha value is -4.17. The SMILES string of the molecule is CN1c2c(nc(N)[nH]c2=O)NCC1CNc1ccc(C(=O)[NH+]([O-])[C@@H](CCC(=O)O)C(=O)O)cc1. The van der Waals surface area contributed by atoms with Gasteiger partial charge < -0.3 is 36.7 Å². The topological polar surface area (TPSA) is 218 Å². The van der Waals surface area contributed by atoms with E-state index in [4.69, 9.17) is 10.8 Å². The molecule has 1 amide bonds. The molecule has 3 rings (SSSR count). The van der Waals surface area contributed by atoms with Gasteiger partial charge in [-0.2, -0.15) is 4.98 Å². The Balaban J connectivity index is 1.62. The molecule has 0 aliphatic carbocycles. The summed E-state index contributed by atoms with van der Waals surface area (Å²) >= 11 is 0. The summed E-state index contributed by atoms with van der Waals surface area (Å²) in [5.41, 5.74) is 6.20. The zero-order chi connectivity index (χ0) is 25.0. The van der Waals surface area contributed by atoms with Gasteiger partial charge in [-0.3, -0.25) is 19.6 Å². The van der Waals surface area contributed by atoms with E-state index in [2.05, 4.69) is 20.6 Å². The van der Waals surface area contributed by atoms with Crippen LogP contribution in [-0.4, -0.2) is 70.2 Å². The minimum absolute atomic E-state index is 0.00213. The van der Waals surface area contributed by atoms with Crippen LogP contribution in [0.5, 0.6) is 0 Å². The molecule has 0 spiro atoms. The van der Waals surface area contributed by atoms with Crippen LogP contribution in [0.1, 0.15) is 23.2 Å². The minimum Gasteiger partial charge on any atom is -0.626 e. The standard InChI is InChI=1S/C20H25N7O7/c1-26-12(9-23-16-15(26)17(30)25-20(21)24-16)8-22-11-4-2-10(3-5-11)18(31)27(34)13(19(32)33)6-7-14(28)29/h2-5,12-13,22,27H,6-9H2,1H3,(H,28,29)(H,32,33)(H4,21,23,24,25,30)/t12?,13-/m0/s1. The van der Waals surface area contributed by atoms with E-state index in [-0.39, 0.29) is 23.1 Å². The summed E-state index contributed by atoms with van der Waals surface area (Å²) < 4.78 is 0. The maximum Gasteiger partial charge on any atom is 0.363 e. The van der Waals surface area contributed by atoms with Crippen LogP contribution in [0.25, 0.3) is 0 Å². The van der Waals surface area contributed by atoms with Crippen LogP contribution >= 0.6 is 0 Å². The predicted molar refractivity (Wildman–Crippen MR) is 122 cm³/mol. The molecule has 2 heterocycles. The molecule has 2 unspecified atom stereocenters. The number of carboxylic acids is 2. The number of hydrogen-bond donors (Lipinski definition) is 7. The van der Waals surface area contributed by atoms with E-state index in [1.165, 1.54) is 12.1 Å². The van der Waals surface area contributed by atoms with Crippen molar-refractivity contribution in [1.29, 1.82) is 0 Å². The van der Waals surface area contributed by atoms with Crippen LogP contribution in [0.15, 0.2) is 29.1 Å². The van der Waals surface area contributed by atoms with Crippen molar-refractivity contribution >= 4 is 41.0 Å². The number of aliphatic carboxylic acids is 2. The smallest absolute Gasteiger partial charge is 0.363 e. The number of aromatic nitrogens is 2. The Kier molecular flexibility index (Phi) is 7.33. The first-order valence-corrected chi connectivity index (χ1v) is 10.3. The third kappa shape index (κ3) is 5.41. The van der Waals surface area contributed by atoms with Gasteiger partial charge in [-0.15, -0.1) is 0 Å². The molecule has 8 N–H and O–H groups in total. The Labute approximate surface area is 193 Å². The number of anilines is 4. The highest BCUT2D eigenvalue weighted by molar-refractivity contribution is 5.89. The highest BCUT2D eigenvalue weighted by atomic mass is 16.5. The van der Waals surface area contributed by atoms with Gasteiger partial charge in [-0.1, -0.05) is 0 Å². The molecule has 34 heavy (non-hydrogen) atoms. The van der Waals surface area contributed by atoms with Crippen molar-refractivity contribution in [3.63, 3.8) is 0 Å².